The van der Waals surface area contributed by atoms with Crippen molar-refractivity contribution in [2.24, 2.45) is 5.73 Å². The molecule has 3 N–H and O–H groups in total. The van der Waals surface area contributed by atoms with Crippen molar-refractivity contribution in [1.29, 1.82) is 0 Å². The standard InChI is InChI=1S/C20H42NO3P/c1-3-5-6-7-8-9-10-11-12-13-14-15-16-17-20(4-2)25(22,23)24-19-18-21/h11-12,20H,3-10,13-19,21H2,1-2H3,(H,22,23)/b12-11-. The van der Waals surface area contributed by atoms with Crippen molar-refractivity contribution in [2.45, 2.75) is 103 Å². The zero-order valence-electron chi connectivity index (χ0n) is 16.6. The van der Waals surface area contributed by atoms with E-state index in [1.807, 2.05) is 6.92 Å². The van der Waals surface area contributed by atoms with Gasteiger partial charge in [0.2, 0.25) is 0 Å². The molecule has 150 valence electrons. The number of allylic oxidation sites excluding steroid dienone is 2. The Bertz CT molecular complexity index is 361. The molecule has 2 atom stereocenters. The van der Waals surface area contributed by atoms with Crippen molar-refractivity contribution in [3.8, 4) is 0 Å². The third-order valence-corrected chi connectivity index (χ3v) is 6.72. The molecule has 0 aliphatic carbocycles. The Kier molecular flexibility index (Phi) is 17.2. The van der Waals surface area contributed by atoms with Crippen molar-refractivity contribution in [3.05, 3.63) is 12.2 Å². The molecule has 0 aliphatic heterocycles. The van der Waals surface area contributed by atoms with Crippen LogP contribution in [0.4, 0.5) is 0 Å². The molecule has 0 fully saturated rings. The van der Waals surface area contributed by atoms with Gasteiger partial charge in [-0.2, -0.15) is 0 Å². The average molecular weight is 376 g/mol. The summed E-state index contributed by atoms with van der Waals surface area (Å²) in [6, 6.07) is 0. The molecular weight excluding hydrogens is 333 g/mol. The van der Waals surface area contributed by atoms with Gasteiger partial charge in [0.05, 0.1) is 12.3 Å². The third-order valence-electron chi connectivity index (χ3n) is 4.63. The Morgan fingerprint density at radius 2 is 1.52 bits per heavy atom. The second-order valence-electron chi connectivity index (χ2n) is 6.91. The predicted octanol–water partition coefficient (Wildman–Crippen LogP) is 6.18. The number of nitrogens with two attached hydrogens (primary N) is 1. The van der Waals surface area contributed by atoms with Crippen LogP contribution in [-0.4, -0.2) is 23.7 Å². The lowest BCUT2D eigenvalue weighted by atomic mass is 10.1. The van der Waals surface area contributed by atoms with Gasteiger partial charge in [0.15, 0.2) is 0 Å². The van der Waals surface area contributed by atoms with Crippen LogP contribution >= 0.6 is 7.60 Å². The molecule has 0 bridgehead atoms. The maximum absolute atomic E-state index is 12.1. The van der Waals surface area contributed by atoms with Crippen LogP contribution in [0.5, 0.6) is 0 Å². The van der Waals surface area contributed by atoms with Gasteiger partial charge in [-0.3, -0.25) is 4.57 Å². The van der Waals surface area contributed by atoms with Gasteiger partial charge in [-0.15, -0.1) is 0 Å². The van der Waals surface area contributed by atoms with E-state index in [4.69, 9.17) is 10.3 Å². The fourth-order valence-corrected chi connectivity index (χ4v) is 4.53. The Morgan fingerprint density at radius 1 is 0.960 bits per heavy atom. The topological polar surface area (TPSA) is 72.5 Å². The first-order valence-electron chi connectivity index (χ1n) is 10.4. The van der Waals surface area contributed by atoms with E-state index in [0.717, 1.165) is 32.1 Å². The summed E-state index contributed by atoms with van der Waals surface area (Å²) >= 11 is 0. The summed E-state index contributed by atoms with van der Waals surface area (Å²) in [5, 5.41) is 0. The van der Waals surface area contributed by atoms with Gasteiger partial charge in [-0.05, 0) is 38.5 Å². The van der Waals surface area contributed by atoms with Gasteiger partial charge in [0, 0.05) is 6.54 Å². The van der Waals surface area contributed by atoms with Crippen molar-refractivity contribution >= 4 is 7.60 Å². The minimum Gasteiger partial charge on any atom is -0.328 e. The van der Waals surface area contributed by atoms with E-state index in [9.17, 15) is 9.46 Å². The van der Waals surface area contributed by atoms with Crippen LogP contribution in [0, 0.1) is 0 Å². The number of unbranched alkanes of at least 4 members (excludes halogenated alkanes) is 9. The van der Waals surface area contributed by atoms with E-state index in [-0.39, 0.29) is 18.8 Å². The summed E-state index contributed by atoms with van der Waals surface area (Å²) in [5.74, 6) is 0. The normalized spacial score (nSPS) is 15.5. The molecule has 0 heterocycles. The van der Waals surface area contributed by atoms with Crippen molar-refractivity contribution in [3.63, 3.8) is 0 Å². The summed E-state index contributed by atoms with van der Waals surface area (Å²) in [6.45, 7) is 4.65. The Morgan fingerprint density at radius 3 is 2.08 bits per heavy atom. The third kappa shape index (κ3) is 14.7. The van der Waals surface area contributed by atoms with Gasteiger partial charge in [0.1, 0.15) is 0 Å². The second kappa shape index (κ2) is 17.3. The second-order valence-corrected chi connectivity index (χ2v) is 9.03. The van der Waals surface area contributed by atoms with Gasteiger partial charge in [0.25, 0.3) is 0 Å². The van der Waals surface area contributed by atoms with E-state index in [2.05, 4.69) is 19.1 Å². The zero-order valence-corrected chi connectivity index (χ0v) is 17.5. The average Bonchev–Trinajstić information content (AvgIpc) is 2.60. The first kappa shape index (κ1) is 24.8. The molecule has 0 spiro atoms. The SMILES string of the molecule is CCCCCCCC/C=C\CCCCCC(CC)P(=O)(O)OCCN. The largest absolute Gasteiger partial charge is 0.331 e. The summed E-state index contributed by atoms with van der Waals surface area (Å²) in [5.41, 5.74) is 5.09. The first-order valence-corrected chi connectivity index (χ1v) is 12.0. The molecule has 0 amide bonds. The summed E-state index contributed by atoms with van der Waals surface area (Å²) in [6.07, 6.45) is 19.7. The Hall–Kier alpha value is -0.150. The highest BCUT2D eigenvalue weighted by molar-refractivity contribution is 7.53. The Labute approximate surface area is 156 Å². The van der Waals surface area contributed by atoms with Crippen molar-refractivity contribution in [2.75, 3.05) is 13.2 Å². The number of hydrogen-bond acceptors (Lipinski definition) is 3. The van der Waals surface area contributed by atoms with Crippen molar-refractivity contribution in [1.82, 2.24) is 0 Å². The van der Waals surface area contributed by atoms with Crippen LogP contribution in [0.25, 0.3) is 0 Å². The smallest absolute Gasteiger partial charge is 0.328 e. The molecule has 4 nitrogen and oxygen atoms in total. The van der Waals surface area contributed by atoms with Crippen LogP contribution in [0.3, 0.4) is 0 Å². The lowest BCUT2D eigenvalue weighted by molar-refractivity contribution is 0.254. The van der Waals surface area contributed by atoms with Crippen LogP contribution in [0.15, 0.2) is 12.2 Å². The maximum Gasteiger partial charge on any atom is 0.331 e. The highest BCUT2D eigenvalue weighted by atomic mass is 31.2. The van der Waals surface area contributed by atoms with Crippen LogP contribution in [0.2, 0.25) is 0 Å². The summed E-state index contributed by atoms with van der Waals surface area (Å²) in [7, 11) is -3.50. The van der Waals surface area contributed by atoms with Crippen LogP contribution in [-0.2, 0) is 9.09 Å². The van der Waals surface area contributed by atoms with Gasteiger partial charge < -0.3 is 15.2 Å². The molecule has 0 rings (SSSR count). The summed E-state index contributed by atoms with van der Waals surface area (Å²) < 4.78 is 17.2. The monoisotopic (exact) mass is 375 g/mol. The molecule has 5 heteroatoms. The minimum absolute atomic E-state index is 0.160. The molecule has 0 aromatic rings. The number of hydrogen-bond donors (Lipinski definition) is 2. The van der Waals surface area contributed by atoms with E-state index in [1.54, 1.807) is 0 Å². The molecule has 25 heavy (non-hydrogen) atoms. The maximum atomic E-state index is 12.1. The van der Waals surface area contributed by atoms with E-state index in [1.165, 1.54) is 44.9 Å². The highest BCUT2D eigenvalue weighted by Gasteiger charge is 2.30. The molecule has 0 aliphatic rings. The van der Waals surface area contributed by atoms with Crippen LogP contribution in [0.1, 0.15) is 97.3 Å². The fraction of sp³-hybridized carbons (Fsp3) is 0.900. The molecule has 0 aromatic heterocycles. The molecular formula is C20H42NO3P. The summed E-state index contributed by atoms with van der Waals surface area (Å²) in [4.78, 5) is 9.96. The lowest BCUT2D eigenvalue weighted by Crippen LogP contribution is -2.14. The van der Waals surface area contributed by atoms with Crippen LogP contribution < -0.4 is 5.73 Å². The van der Waals surface area contributed by atoms with Gasteiger partial charge in [-0.1, -0.05) is 70.9 Å². The van der Waals surface area contributed by atoms with Gasteiger partial charge >= 0.3 is 7.60 Å². The molecule has 0 radical (unpaired) electrons. The molecule has 0 aromatic carbocycles. The quantitative estimate of drug-likeness (QED) is 0.170. The molecule has 0 saturated heterocycles. The minimum atomic E-state index is -3.50. The van der Waals surface area contributed by atoms with E-state index in [0.29, 0.717) is 6.42 Å². The highest BCUT2D eigenvalue weighted by Crippen LogP contribution is 2.50. The van der Waals surface area contributed by atoms with Gasteiger partial charge in [-0.25, -0.2) is 0 Å². The molecule has 0 saturated carbocycles. The lowest BCUT2D eigenvalue weighted by Gasteiger charge is -2.21. The fourth-order valence-electron chi connectivity index (χ4n) is 2.98. The zero-order chi connectivity index (χ0) is 18.8. The Balaban J connectivity index is 3.60. The first-order chi connectivity index (χ1) is 12.1. The van der Waals surface area contributed by atoms with E-state index < -0.39 is 7.60 Å². The van der Waals surface area contributed by atoms with E-state index >= 15 is 0 Å². The number of rotatable bonds is 18. The predicted molar refractivity (Wildman–Crippen MR) is 109 cm³/mol. The van der Waals surface area contributed by atoms with Crippen molar-refractivity contribution < 1.29 is 14.0 Å². The molecule has 2 unspecified atom stereocenters.